The molecule has 2 aromatic rings. The Bertz CT molecular complexity index is 524. The molecular weight excluding hydrogens is 307 g/mol. The highest BCUT2D eigenvalue weighted by Gasteiger charge is 2.10. The average Bonchev–Trinajstić information content (AvgIpc) is 2.80. The summed E-state index contributed by atoms with van der Waals surface area (Å²) in [6, 6.07) is 6.87. The molecule has 0 radical (unpaired) electrons. The van der Waals surface area contributed by atoms with Crippen LogP contribution in [0, 0.1) is 11.7 Å². The van der Waals surface area contributed by atoms with E-state index in [9.17, 15) is 4.39 Å². The van der Waals surface area contributed by atoms with Crippen molar-refractivity contribution >= 4 is 15.9 Å². The van der Waals surface area contributed by atoms with Gasteiger partial charge in [0.2, 0.25) is 0 Å². The number of benzene rings is 1. The predicted molar refractivity (Wildman–Crippen MR) is 78.9 cm³/mol. The molecule has 1 unspecified atom stereocenters. The van der Waals surface area contributed by atoms with E-state index in [1.165, 1.54) is 6.07 Å². The maximum Gasteiger partial charge on any atom is 0.123 e. The third-order valence-electron chi connectivity index (χ3n) is 3.33. The second kappa shape index (κ2) is 6.85. The molecule has 0 saturated heterocycles. The van der Waals surface area contributed by atoms with E-state index in [-0.39, 0.29) is 5.82 Å². The summed E-state index contributed by atoms with van der Waals surface area (Å²) in [6.45, 7) is 0. The summed E-state index contributed by atoms with van der Waals surface area (Å²) < 4.78 is 15.2. The summed E-state index contributed by atoms with van der Waals surface area (Å²) in [5.74, 6) is 1.44. The molecule has 0 aliphatic heterocycles. The molecule has 0 aliphatic carbocycles. The molecule has 102 valence electrons. The molecule has 2 rings (SSSR count). The number of hydrogen-bond acceptors (Lipinski definition) is 1. The van der Waals surface area contributed by atoms with Crippen LogP contribution in [-0.2, 0) is 19.9 Å². The standard InChI is InChI=1S/C15H18BrFN2/c1-19-8-7-18-15(19)6-5-13(11-16)9-12-3-2-4-14(17)10-12/h2-4,7-8,10,13H,5-6,9,11H2,1H3. The molecule has 4 heteroatoms. The predicted octanol–water partition coefficient (Wildman–Crippen LogP) is 3.75. The molecule has 1 aromatic heterocycles. The zero-order valence-electron chi connectivity index (χ0n) is 11.0. The molecule has 0 amide bonds. The van der Waals surface area contributed by atoms with Gasteiger partial charge in [-0.1, -0.05) is 28.1 Å². The third-order valence-corrected chi connectivity index (χ3v) is 4.24. The Morgan fingerprint density at radius 1 is 1.42 bits per heavy atom. The Morgan fingerprint density at radius 2 is 2.26 bits per heavy atom. The highest BCUT2D eigenvalue weighted by Crippen LogP contribution is 2.17. The van der Waals surface area contributed by atoms with Crippen molar-refractivity contribution in [2.45, 2.75) is 19.3 Å². The van der Waals surface area contributed by atoms with Crippen molar-refractivity contribution in [1.82, 2.24) is 9.55 Å². The second-order valence-electron chi connectivity index (χ2n) is 4.85. The fourth-order valence-electron chi connectivity index (χ4n) is 2.20. The quantitative estimate of drug-likeness (QED) is 0.740. The minimum atomic E-state index is -0.157. The molecule has 0 fully saturated rings. The van der Waals surface area contributed by atoms with Crippen LogP contribution in [0.15, 0.2) is 36.7 Å². The molecule has 0 aliphatic rings. The van der Waals surface area contributed by atoms with Gasteiger partial charge in [0.1, 0.15) is 11.6 Å². The molecule has 0 spiro atoms. The lowest BCUT2D eigenvalue weighted by molar-refractivity contribution is 0.526. The summed E-state index contributed by atoms with van der Waals surface area (Å²) in [4.78, 5) is 4.33. The smallest absolute Gasteiger partial charge is 0.123 e. The van der Waals surface area contributed by atoms with Gasteiger partial charge in [0.15, 0.2) is 0 Å². The molecule has 1 atom stereocenters. The van der Waals surface area contributed by atoms with Crippen LogP contribution in [0.2, 0.25) is 0 Å². The largest absolute Gasteiger partial charge is 0.338 e. The van der Waals surface area contributed by atoms with E-state index < -0.39 is 0 Å². The van der Waals surface area contributed by atoms with Gasteiger partial charge >= 0.3 is 0 Å². The Morgan fingerprint density at radius 3 is 2.89 bits per heavy atom. The van der Waals surface area contributed by atoms with Crippen molar-refractivity contribution in [3.63, 3.8) is 0 Å². The first kappa shape index (κ1) is 14.3. The maximum atomic E-state index is 13.2. The van der Waals surface area contributed by atoms with E-state index >= 15 is 0 Å². The second-order valence-corrected chi connectivity index (χ2v) is 5.49. The van der Waals surface area contributed by atoms with Crippen molar-refractivity contribution in [3.8, 4) is 0 Å². The molecule has 0 bridgehead atoms. The summed E-state index contributed by atoms with van der Waals surface area (Å²) in [7, 11) is 2.01. The van der Waals surface area contributed by atoms with Crippen LogP contribution in [-0.4, -0.2) is 14.9 Å². The molecule has 19 heavy (non-hydrogen) atoms. The third kappa shape index (κ3) is 4.16. The van der Waals surface area contributed by atoms with Gasteiger partial charge in [0.05, 0.1) is 0 Å². The van der Waals surface area contributed by atoms with E-state index in [1.807, 2.05) is 30.1 Å². The van der Waals surface area contributed by atoms with Gasteiger partial charge in [0.25, 0.3) is 0 Å². The van der Waals surface area contributed by atoms with Crippen molar-refractivity contribution in [1.29, 1.82) is 0 Å². The lowest BCUT2D eigenvalue weighted by Gasteiger charge is -2.14. The Kier molecular flexibility index (Phi) is 5.14. The summed E-state index contributed by atoms with van der Waals surface area (Å²) >= 11 is 3.55. The first-order chi connectivity index (χ1) is 9.19. The highest BCUT2D eigenvalue weighted by molar-refractivity contribution is 9.09. The maximum absolute atomic E-state index is 13.2. The van der Waals surface area contributed by atoms with E-state index in [1.54, 1.807) is 12.1 Å². The molecular formula is C15H18BrFN2. The zero-order chi connectivity index (χ0) is 13.7. The fourth-order valence-corrected chi connectivity index (χ4v) is 2.75. The Balaban J connectivity index is 1.92. The number of imidazole rings is 1. The van der Waals surface area contributed by atoms with Gasteiger partial charge in [0, 0.05) is 31.2 Å². The van der Waals surface area contributed by atoms with Crippen LogP contribution in [0.25, 0.3) is 0 Å². The fraction of sp³-hybridized carbons (Fsp3) is 0.400. The Labute approximate surface area is 121 Å². The van der Waals surface area contributed by atoms with Crippen LogP contribution < -0.4 is 0 Å². The molecule has 1 aromatic carbocycles. The molecule has 2 nitrogen and oxygen atoms in total. The summed E-state index contributed by atoms with van der Waals surface area (Å²) in [6.07, 6.45) is 6.69. The van der Waals surface area contributed by atoms with Crippen LogP contribution in [0.5, 0.6) is 0 Å². The summed E-state index contributed by atoms with van der Waals surface area (Å²) in [5, 5.41) is 0.925. The monoisotopic (exact) mass is 324 g/mol. The lowest BCUT2D eigenvalue weighted by Crippen LogP contribution is -2.09. The van der Waals surface area contributed by atoms with Gasteiger partial charge in [-0.2, -0.15) is 0 Å². The molecule has 0 saturated carbocycles. The van der Waals surface area contributed by atoms with Crippen molar-refractivity contribution in [3.05, 3.63) is 53.9 Å². The summed E-state index contributed by atoms with van der Waals surface area (Å²) in [5.41, 5.74) is 1.06. The number of hydrogen-bond donors (Lipinski definition) is 0. The normalized spacial score (nSPS) is 12.6. The first-order valence-electron chi connectivity index (χ1n) is 6.45. The highest BCUT2D eigenvalue weighted by atomic mass is 79.9. The number of aryl methyl sites for hydroxylation is 2. The van der Waals surface area contributed by atoms with E-state index in [0.29, 0.717) is 5.92 Å². The Hall–Kier alpha value is -1.16. The molecule has 1 heterocycles. The van der Waals surface area contributed by atoms with Crippen LogP contribution in [0.1, 0.15) is 17.8 Å². The number of rotatable bonds is 6. The van der Waals surface area contributed by atoms with Crippen molar-refractivity contribution in [2.24, 2.45) is 13.0 Å². The van der Waals surface area contributed by atoms with Gasteiger partial charge < -0.3 is 4.57 Å². The average molecular weight is 325 g/mol. The van der Waals surface area contributed by atoms with Crippen molar-refractivity contribution < 1.29 is 4.39 Å². The lowest BCUT2D eigenvalue weighted by atomic mass is 9.96. The first-order valence-corrected chi connectivity index (χ1v) is 7.58. The van der Waals surface area contributed by atoms with Gasteiger partial charge in [-0.3, -0.25) is 0 Å². The zero-order valence-corrected chi connectivity index (χ0v) is 12.6. The number of halogens is 2. The minimum absolute atomic E-state index is 0.157. The molecule has 0 N–H and O–H groups in total. The van der Waals surface area contributed by atoms with Crippen LogP contribution in [0.3, 0.4) is 0 Å². The van der Waals surface area contributed by atoms with Crippen molar-refractivity contribution in [2.75, 3.05) is 5.33 Å². The van der Waals surface area contributed by atoms with Gasteiger partial charge in [-0.05, 0) is 36.5 Å². The van der Waals surface area contributed by atoms with Crippen LogP contribution >= 0.6 is 15.9 Å². The number of alkyl halides is 1. The minimum Gasteiger partial charge on any atom is -0.338 e. The number of aromatic nitrogens is 2. The van der Waals surface area contributed by atoms with E-state index in [4.69, 9.17) is 0 Å². The van der Waals surface area contributed by atoms with Gasteiger partial charge in [-0.25, -0.2) is 9.37 Å². The SMILES string of the molecule is Cn1ccnc1CCC(CBr)Cc1cccc(F)c1. The van der Waals surface area contributed by atoms with Gasteiger partial charge in [-0.15, -0.1) is 0 Å². The van der Waals surface area contributed by atoms with E-state index in [0.717, 1.165) is 36.0 Å². The number of nitrogens with zero attached hydrogens (tertiary/aromatic N) is 2. The van der Waals surface area contributed by atoms with E-state index in [2.05, 4.69) is 20.9 Å². The topological polar surface area (TPSA) is 17.8 Å². The van der Waals surface area contributed by atoms with Crippen LogP contribution in [0.4, 0.5) is 4.39 Å².